The smallest absolute Gasteiger partial charge is 0.408 e. The van der Waals surface area contributed by atoms with Crippen molar-refractivity contribution in [3.05, 3.63) is 59.7 Å². The molecule has 3 unspecified atom stereocenters. The number of nitrogens with one attached hydrogen (secondary N) is 2. The topological polar surface area (TPSA) is 140 Å². The van der Waals surface area contributed by atoms with Crippen LogP contribution >= 0.6 is 0 Å². The van der Waals surface area contributed by atoms with E-state index in [0.717, 1.165) is 5.56 Å². The second kappa shape index (κ2) is 14.3. The van der Waals surface area contributed by atoms with Crippen molar-refractivity contribution in [1.82, 2.24) is 10.2 Å². The van der Waals surface area contributed by atoms with Crippen molar-refractivity contribution in [3.63, 3.8) is 0 Å². The molecule has 0 bridgehead atoms. The fourth-order valence-electron chi connectivity index (χ4n) is 4.04. The number of nitrogens with two attached hydrogens (primary N) is 1. The van der Waals surface area contributed by atoms with Crippen molar-refractivity contribution >= 4 is 29.5 Å². The quantitative estimate of drug-likeness (QED) is 0.354. The molecule has 3 atom stereocenters. The molecule has 0 saturated carbocycles. The summed E-state index contributed by atoms with van der Waals surface area (Å²) in [7, 11) is 1.55. The number of primary amides is 1. The van der Waals surface area contributed by atoms with Gasteiger partial charge < -0.3 is 30.7 Å². The van der Waals surface area contributed by atoms with E-state index in [9.17, 15) is 19.2 Å². The molecule has 218 valence electrons. The Morgan fingerprint density at radius 1 is 1.00 bits per heavy atom. The molecular weight excluding hydrogens is 512 g/mol. The molecule has 4 N–H and O–H groups in total. The number of methoxy groups -OCH3 is 1. The molecule has 0 fully saturated rings. The van der Waals surface area contributed by atoms with Gasteiger partial charge in [0.15, 0.2) is 0 Å². The fourth-order valence-corrected chi connectivity index (χ4v) is 4.04. The van der Waals surface area contributed by atoms with Crippen LogP contribution in [0, 0.1) is 6.92 Å². The average molecular weight is 555 g/mol. The predicted octanol–water partition coefficient (Wildman–Crippen LogP) is 4.47. The van der Waals surface area contributed by atoms with Crippen LogP contribution in [0.1, 0.15) is 71.0 Å². The summed E-state index contributed by atoms with van der Waals surface area (Å²) < 4.78 is 10.6. The third-order valence-corrected chi connectivity index (χ3v) is 6.27. The average Bonchev–Trinajstić information content (AvgIpc) is 2.88. The molecule has 10 nitrogen and oxygen atoms in total. The predicted molar refractivity (Wildman–Crippen MR) is 154 cm³/mol. The lowest BCUT2D eigenvalue weighted by Crippen LogP contribution is -2.55. The highest BCUT2D eigenvalue weighted by atomic mass is 16.6. The number of amides is 4. The third kappa shape index (κ3) is 9.59. The number of anilines is 1. The number of carbonyl (C=O) groups is 4. The van der Waals surface area contributed by atoms with Crippen molar-refractivity contribution in [1.29, 1.82) is 0 Å². The van der Waals surface area contributed by atoms with E-state index in [-0.39, 0.29) is 12.8 Å². The van der Waals surface area contributed by atoms with Crippen LogP contribution in [0.15, 0.2) is 48.5 Å². The summed E-state index contributed by atoms with van der Waals surface area (Å²) in [6, 6.07) is 11.6. The van der Waals surface area contributed by atoms with Gasteiger partial charge in [0.1, 0.15) is 23.4 Å². The zero-order valence-electron chi connectivity index (χ0n) is 24.4. The number of alkyl carbamates (subject to hydrolysis) is 1. The Balaban J connectivity index is 2.54. The minimum absolute atomic E-state index is 0.0545. The summed E-state index contributed by atoms with van der Waals surface area (Å²) in [6.45, 7) is 10.8. The number of rotatable bonds is 12. The maximum Gasteiger partial charge on any atom is 0.408 e. The third-order valence-electron chi connectivity index (χ3n) is 6.27. The first-order valence-corrected chi connectivity index (χ1v) is 13.4. The molecule has 0 spiro atoms. The maximum atomic E-state index is 14.2. The van der Waals surface area contributed by atoms with Crippen molar-refractivity contribution < 1.29 is 28.7 Å². The first-order valence-electron chi connectivity index (χ1n) is 13.4. The maximum absolute atomic E-state index is 14.2. The fraction of sp³-hybridized carbons (Fsp3) is 0.467. The SMILES string of the molecule is CCC(C)N(C(=O)C(CCC(N)=O)NC(=O)OC(C)(C)C)C(C(=O)Nc1ccc(OC)cc1)c1ccc(C)cc1. The van der Waals surface area contributed by atoms with Crippen molar-refractivity contribution in [2.75, 3.05) is 12.4 Å². The van der Waals surface area contributed by atoms with E-state index in [0.29, 0.717) is 23.4 Å². The monoisotopic (exact) mass is 554 g/mol. The highest BCUT2D eigenvalue weighted by Gasteiger charge is 2.38. The first kappa shape index (κ1) is 32.1. The molecule has 2 aromatic rings. The summed E-state index contributed by atoms with van der Waals surface area (Å²) >= 11 is 0. The Morgan fingerprint density at radius 2 is 1.60 bits per heavy atom. The molecule has 0 aliphatic carbocycles. The van der Waals surface area contributed by atoms with Crippen LogP contribution in [0.25, 0.3) is 0 Å². The van der Waals surface area contributed by atoms with Crippen LogP contribution in [0.2, 0.25) is 0 Å². The standard InChI is InChI=1S/C30H42N4O6/c1-8-20(3)34(28(37)24(17-18-25(31)35)33-29(38)40-30(4,5)6)26(21-11-9-19(2)10-12-21)27(36)32-22-13-15-23(39-7)16-14-22/h9-16,20,24,26H,8,17-18H2,1-7H3,(H2,31,35)(H,32,36)(H,33,38). The van der Waals surface area contributed by atoms with Gasteiger partial charge in [0, 0.05) is 18.2 Å². The Morgan fingerprint density at radius 3 is 2.10 bits per heavy atom. The molecule has 0 heterocycles. The van der Waals surface area contributed by atoms with Gasteiger partial charge in [0.25, 0.3) is 5.91 Å². The molecule has 0 radical (unpaired) electrons. The van der Waals surface area contributed by atoms with E-state index in [2.05, 4.69) is 10.6 Å². The van der Waals surface area contributed by atoms with Crippen LogP contribution < -0.4 is 21.1 Å². The van der Waals surface area contributed by atoms with Gasteiger partial charge in [-0.05, 0) is 77.3 Å². The van der Waals surface area contributed by atoms with Gasteiger partial charge in [-0.25, -0.2) is 4.79 Å². The van der Waals surface area contributed by atoms with E-state index in [1.54, 1.807) is 64.3 Å². The number of benzene rings is 2. The van der Waals surface area contributed by atoms with Crippen LogP contribution in [-0.2, 0) is 19.1 Å². The Kier molecular flexibility index (Phi) is 11.5. The van der Waals surface area contributed by atoms with Gasteiger partial charge in [-0.3, -0.25) is 14.4 Å². The summed E-state index contributed by atoms with van der Waals surface area (Å²) in [5.74, 6) is -0.952. The summed E-state index contributed by atoms with van der Waals surface area (Å²) in [5, 5.41) is 5.51. The number of ether oxygens (including phenoxy) is 2. The summed E-state index contributed by atoms with van der Waals surface area (Å²) in [5.41, 5.74) is 6.68. The summed E-state index contributed by atoms with van der Waals surface area (Å²) in [4.78, 5) is 53.8. The number of nitrogens with zero attached hydrogens (tertiary/aromatic N) is 1. The Bertz CT molecular complexity index is 1160. The van der Waals surface area contributed by atoms with Crippen molar-refractivity contribution in [2.45, 2.75) is 84.5 Å². The van der Waals surface area contributed by atoms with E-state index in [1.165, 1.54) is 4.90 Å². The first-order chi connectivity index (χ1) is 18.7. The van der Waals surface area contributed by atoms with Gasteiger partial charge >= 0.3 is 6.09 Å². The van der Waals surface area contributed by atoms with Crippen LogP contribution in [0.3, 0.4) is 0 Å². The highest BCUT2D eigenvalue weighted by molar-refractivity contribution is 5.99. The number of aryl methyl sites for hydroxylation is 1. The highest BCUT2D eigenvalue weighted by Crippen LogP contribution is 2.29. The van der Waals surface area contributed by atoms with E-state index >= 15 is 0 Å². The minimum atomic E-state index is -1.15. The van der Waals surface area contributed by atoms with E-state index in [1.807, 2.05) is 32.9 Å². The zero-order valence-corrected chi connectivity index (χ0v) is 24.4. The van der Waals surface area contributed by atoms with Gasteiger partial charge in [-0.2, -0.15) is 0 Å². The molecule has 0 aromatic heterocycles. The van der Waals surface area contributed by atoms with Gasteiger partial charge in [-0.15, -0.1) is 0 Å². The molecule has 10 heteroatoms. The molecular formula is C30H42N4O6. The zero-order chi connectivity index (χ0) is 30.0. The Labute approximate surface area is 236 Å². The summed E-state index contributed by atoms with van der Waals surface area (Å²) in [6.07, 6.45) is -0.484. The van der Waals surface area contributed by atoms with Crippen molar-refractivity contribution in [3.8, 4) is 5.75 Å². The molecule has 0 aliphatic rings. The van der Waals surface area contributed by atoms with Gasteiger partial charge in [-0.1, -0.05) is 36.8 Å². The van der Waals surface area contributed by atoms with Crippen molar-refractivity contribution in [2.24, 2.45) is 5.73 Å². The normalized spacial score (nSPS) is 13.4. The molecule has 0 saturated heterocycles. The van der Waals surface area contributed by atoms with Gasteiger partial charge in [0.2, 0.25) is 11.8 Å². The van der Waals surface area contributed by atoms with Gasteiger partial charge in [0.05, 0.1) is 7.11 Å². The molecule has 4 amide bonds. The number of hydrogen-bond donors (Lipinski definition) is 3. The second-order valence-corrected chi connectivity index (χ2v) is 10.7. The van der Waals surface area contributed by atoms with Crippen LogP contribution in [-0.4, -0.2) is 53.5 Å². The van der Waals surface area contributed by atoms with E-state index < -0.39 is 47.5 Å². The second-order valence-electron chi connectivity index (χ2n) is 10.7. The molecule has 2 aromatic carbocycles. The number of hydrogen-bond acceptors (Lipinski definition) is 6. The minimum Gasteiger partial charge on any atom is -0.497 e. The van der Waals surface area contributed by atoms with Crippen LogP contribution in [0.4, 0.5) is 10.5 Å². The lowest BCUT2D eigenvalue weighted by Gasteiger charge is -2.38. The van der Waals surface area contributed by atoms with E-state index in [4.69, 9.17) is 15.2 Å². The largest absolute Gasteiger partial charge is 0.497 e. The lowest BCUT2D eigenvalue weighted by molar-refractivity contribution is -0.143. The molecule has 0 aliphatic heterocycles. The molecule has 40 heavy (non-hydrogen) atoms. The lowest BCUT2D eigenvalue weighted by atomic mass is 9.98. The van der Waals surface area contributed by atoms with Crippen LogP contribution in [0.5, 0.6) is 5.75 Å². The number of carbonyl (C=O) groups excluding carboxylic acids is 4. The Hall–Kier alpha value is -4.08. The molecule has 2 rings (SSSR count).